The summed E-state index contributed by atoms with van der Waals surface area (Å²) in [6.07, 6.45) is -3.23. The fourth-order valence-corrected chi connectivity index (χ4v) is 2.98. The van der Waals surface area contributed by atoms with Crippen molar-refractivity contribution in [2.24, 2.45) is 0 Å². The highest BCUT2D eigenvalue weighted by Gasteiger charge is 2.33. The van der Waals surface area contributed by atoms with E-state index in [4.69, 9.17) is 11.6 Å². The van der Waals surface area contributed by atoms with Crippen molar-refractivity contribution in [2.75, 3.05) is 18.4 Å². The van der Waals surface area contributed by atoms with E-state index in [0.29, 0.717) is 16.3 Å². The van der Waals surface area contributed by atoms with Crippen molar-refractivity contribution >= 4 is 23.3 Å². The number of aromatic nitrogens is 3. The Morgan fingerprint density at radius 3 is 2.43 bits per heavy atom. The van der Waals surface area contributed by atoms with Crippen LogP contribution in [0.15, 0.2) is 42.6 Å². The number of hydrogen-bond acceptors (Lipinski definition) is 4. The number of carbonyl (C=O) groups excluding carboxylic acids is 1. The molecule has 2 heterocycles. The summed E-state index contributed by atoms with van der Waals surface area (Å²) in [6.45, 7) is 3.88. The third kappa shape index (κ3) is 4.73. The fourth-order valence-electron chi connectivity index (χ4n) is 2.86. The van der Waals surface area contributed by atoms with Crippen LogP contribution in [0.2, 0.25) is 5.02 Å². The molecule has 6 nitrogen and oxygen atoms in total. The minimum atomic E-state index is -4.50. The van der Waals surface area contributed by atoms with Gasteiger partial charge in [0.05, 0.1) is 27.7 Å². The lowest BCUT2D eigenvalue weighted by atomic mass is 10.2. The third-order valence-electron chi connectivity index (χ3n) is 4.39. The normalized spacial score (nSPS) is 11.4. The monoisotopic (exact) mass is 437 g/mol. The summed E-state index contributed by atoms with van der Waals surface area (Å²) >= 11 is 6.16. The number of nitrogens with zero attached hydrogens (tertiary/aromatic N) is 3. The third-order valence-corrected chi connectivity index (χ3v) is 4.94. The number of halogens is 4. The average Bonchev–Trinajstić information content (AvgIpc) is 2.98. The van der Waals surface area contributed by atoms with E-state index < -0.39 is 11.7 Å². The summed E-state index contributed by atoms with van der Waals surface area (Å²) in [7, 11) is 0. The first-order valence-corrected chi connectivity index (χ1v) is 9.42. The van der Waals surface area contributed by atoms with Gasteiger partial charge in [-0.3, -0.25) is 4.79 Å². The summed E-state index contributed by atoms with van der Waals surface area (Å²) < 4.78 is 40.5. The number of rotatable bonds is 6. The summed E-state index contributed by atoms with van der Waals surface area (Å²) in [6, 6.07) is 8.94. The molecule has 0 spiro atoms. The zero-order chi connectivity index (χ0) is 21.9. The summed E-state index contributed by atoms with van der Waals surface area (Å²) in [4.78, 5) is 16.0. The molecule has 30 heavy (non-hydrogen) atoms. The Hall–Kier alpha value is -3.07. The second-order valence-electron chi connectivity index (χ2n) is 6.52. The molecule has 10 heteroatoms. The number of benzene rings is 1. The minimum Gasteiger partial charge on any atom is -0.368 e. The maximum Gasteiger partial charge on any atom is 0.419 e. The molecule has 0 radical (unpaired) electrons. The van der Waals surface area contributed by atoms with Crippen molar-refractivity contribution in [3.63, 3.8) is 0 Å². The van der Waals surface area contributed by atoms with Gasteiger partial charge >= 0.3 is 6.18 Å². The molecule has 0 saturated heterocycles. The van der Waals surface area contributed by atoms with Gasteiger partial charge in [0, 0.05) is 24.8 Å². The first kappa shape index (κ1) is 21.6. The van der Waals surface area contributed by atoms with Crippen LogP contribution in [0.1, 0.15) is 27.3 Å². The van der Waals surface area contributed by atoms with Crippen LogP contribution in [-0.4, -0.2) is 33.8 Å². The lowest BCUT2D eigenvalue weighted by Crippen LogP contribution is -2.29. The van der Waals surface area contributed by atoms with E-state index in [9.17, 15) is 18.0 Å². The van der Waals surface area contributed by atoms with Crippen molar-refractivity contribution in [1.29, 1.82) is 0 Å². The Balaban J connectivity index is 1.57. The molecule has 0 unspecified atom stereocenters. The average molecular weight is 438 g/mol. The molecule has 0 aliphatic rings. The van der Waals surface area contributed by atoms with Crippen LogP contribution in [0, 0.1) is 13.8 Å². The first-order chi connectivity index (χ1) is 14.2. The molecule has 3 rings (SSSR count). The quantitative estimate of drug-likeness (QED) is 0.561. The number of nitrogens with one attached hydrogen (secondary N) is 2. The van der Waals surface area contributed by atoms with Crippen LogP contribution in [0.3, 0.4) is 0 Å². The molecule has 158 valence electrons. The van der Waals surface area contributed by atoms with Gasteiger partial charge in [0.25, 0.3) is 5.91 Å². The SMILES string of the molecule is Cc1nn(-c2ccc(C(=O)NCCNc3ncccc3C(F)(F)F)cc2)c(C)c1Cl. The Morgan fingerprint density at radius 2 is 1.83 bits per heavy atom. The van der Waals surface area contributed by atoms with Gasteiger partial charge in [-0.2, -0.15) is 18.3 Å². The number of anilines is 1. The highest BCUT2D eigenvalue weighted by Crippen LogP contribution is 2.33. The van der Waals surface area contributed by atoms with Gasteiger partial charge in [-0.25, -0.2) is 9.67 Å². The van der Waals surface area contributed by atoms with Crippen molar-refractivity contribution in [3.8, 4) is 5.69 Å². The zero-order valence-corrected chi connectivity index (χ0v) is 17.0. The molecule has 0 saturated carbocycles. The van der Waals surface area contributed by atoms with E-state index in [-0.39, 0.29) is 24.8 Å². The summed E-state index contributed by atoms with van der Waals surface area (Å²) in [5.41, 5.74) is 1.84. The standard InChI is InChI=1S/C20H19ClF3N5O/c1-12-17(21)13(2)29(28-12)15-7-5-14(6-8-15)19(30)27-11-10-26-18-16(20(22,23)24)4-3-9-25-18/h3-9H,10-11H2,1-2H3,(H,25,26)(H,27,30). The largest absolute Gasteiger partial charge is 0.419 e. The fraction of sp³-hybridized carbons (Fsp3) is 0.250. The van der Waals surface area contributed by atoms with Crippen LogP contribution in [-0.2, 0) is 6.18 Å². The number of amides is 1. The van der Waals surface area contributed by atoms with E-state index in [1.54, 1.807) is 28.9 Å². The highest BCUT2D eigenvalue weighted by atomic mass is 35.5. The predicted molar refractivity (Wildman–Crippen MR) is 108 cm³/mol. The molecule has 2 N–H and O–H groups in total. The number of carbonyl (C=O) groups is 1. The van der Waals surface area contributed by atoms with Crippen molar-refractivity contribution in [1.82, 2.24) is 20.1 Å². The van der Waals surface area contributed by atoms with Gasteiger partial charge < -0.3 is 10.6 Å². The van der Waals surface area contributed by atoms with Crippen LogP contribution in [0.5, 0.6) is 0 Å². The van der Waals surface area contributed by atoms with Crippen molar-refractivity contribution in [2.45, 2.75) is 20.0 Å². The maximum atomic E-state index is 12.9. The maximum absolute atomic E-state index is 12.9. The smallest absolute Gasteiger partial charge is 0.368 e. The van der Waals surface area contributed by atoms with Crippen LogP contribution < -0.4 is 10.6 Å². The lowest BCUT2D eigenvalue weighted by molar-refractivity contribution is -0.137. The second kappa shape index (κ2) is 8.74. The summed E-state index contributed by atoms with van der Waals surface area (Å²) in [5, 5.41) is 10.2. The minimum absolute atomic E-state index is 0.0914. The van der Waals surface area contributed by atoms with Gasteiger partial charge in [0.2, 0.25) is 0 Å². The molecule has 0 aliphatic heterocycles. The number of alkyl halides is 3. The van der Waals surface area contributed by atoms with Crippen molar-refractivity contribution < 1.29 is 18.0 Å². The van der Waals surface area contributed by atoms with Gasteiger partial charge in [0.1, 0.15) is 5.82 Å². The Labute approximate surface area is 176 Å². The van der Waals surface area contributed by atoms with Gasteiger partial charge in [0.15, 0.2) is 0 Å². The first-order valence-electron chi connectivity index (χ1n) is 9.05. The Kier molecular flexibility index (Phi) is 6.31. The van der Waals surface area contributed by atoms with Gasteiger partial charge in [-0.1, -0.05) is 11.6 Å². The molecule has 1 aromatic carbocycles. The van der Waals surface area contributed by atoms with E-state index in [2.05, 4.69) is 20.7 Å². The van der Waals surface area contributed by atoms with E-state index in [1.165, 1.54) is 12.3 Å². The van der Waals surface area contributed by atoms with Crippen LogP contribution >= 0.6 is 11.6 Å². The van der Waals surface area contributed by atoms with E-state index in [1.807, 2.05) is 13.8 Å². The number of aryl methyl sites for hydroxylation is 1. The molecule has 0 bridgehead atoms. The summed E-state index contributed by atoms with van der Waals surface area (Å²) in [5.74, 6) is -0.612. The molecular formula is C20H19ClF3N5O. The molecule has 1 amide bonds. The number of pyridine rings is 1. The Morgan fingerprint density at radius 1 is 1.13 bits per heavy atom. The predicted octanol–water partition coefficient (Wildman–Crippen LogP) is 4.40. The zero-order valence-electron chi connectivity index (χ0n) is 16.2. The lowest BCUT2D eigenvalue weighted by Gasteiger charge is -2.13. The molecular weight excluding hydrogens is 419 g/mol. The van der Waals surface area contributed by atoms with Gasteiger partial charge in [-0.05, 0) is 50.2 Å². The highest BCUT2D eigenvalue weighted by molar-refractivity contribution is 6.31. The molecule has 2 aromatic heterocycles. The topological polar surface area (TPSA) is 71.8 Å². The molecule has 0 aliphatic carbocycles. The molecule has 3 aromatic rings. The number of hydrogen-bond donors (Lipinski definition) is 2. The molecule has 0 atom stereocenters. The van der Waals surface area contributed by atoms with Crippen LogP contribution in [0.25, 0.3) is 5.69 Å². The second-order valence-corrected chi connectivity index (χ2v) is 6.90. The van der Waals surface area contributed by atoms with Crippen LogP contribution in [0.4, 0.5) is 19.0 Å². The molecule has 0 fully saturated rings. The van der Waals surface area contributed by atoms with E-state index in [0.717, 1.165) is 17.4 Å². The Bertz CT molecular complexity index is 1050. The van der Waals surface area contributed by atoms with E-state index >= 15 is 0 Å². The van der Waals surface area contributed by atoms with Crippen molar-refractivity contribution in [3.05, 3.63) is 70.1 Å². The van der Waals surface area contributed by atoms with Gasteiger partial charge in [-0.15, -0.1) is 0 Å².